The molecule has 0 atom stereocenters. The van der Waals surface area contributed by atoms with E-state index in [9.17, 15) is 4.79 Å². The van der Waals surface area contributed by atoms with Crippen LogP contribution in [0.25, 0.3) is 0 Å². The van der Waals surface area contributed by atoms with E-state index in [1.807, 2.05) is 36.4 Å². The van der Waals surface area contributed by atoms with Crippen LogP contribution in [0.4, 0.5) is 5.69 Å². The van der Waals surface area contributed by atoms with Crippen LogP contribution in [-0.4, -0.2) is 5.78 Å². The summed E-state index contributed by atoms with van der Waals surface area (Å²) in [5.41, 5.74) is 7.68. The quantitative estimate of drug-likeness (QED) is 0.763. The summed E-state index contributed by atoms with van der Waals surface area (Å²) < 4.78 is 0. The number of carbonyl (C=O) groups excluding carboxylic acids is 1. The number of allylic oxidation sites excluding steroid dienone is 2. The lowest BCUT2D eigenvalue weighted by atomic mass is 10.2. The molecule has 0 heterocycles. The Labute approximate surface area is 95.5 Å². The van der Waals surface area contributed by atoms with Crippen molar-refractivity contribution in [2.75, 3.05) is 5.43 Å². The number of carbonyl (C=O) groups is 1. The lowest BCUT2D eigenvalue weighted by molar-refractivity contribution is -0.115. The third-order valence-electron chi connectivity index (χ3n) is 2.62. The van der Waals surface area contributed by atoms with Crippen LogP contribution in [0.3, 0.4) is 0 Å². The topological polar surface area (TPSA) is 41.1 Å². The molecule has 0 bridgehead atoms. The van der Waals surface area contributed by atoms with Gasteiger partial charge < -0.3 is 5.43 Å². The van der Waals surface area contributed by atoms with Gasteiger partial charge in [0.05, 0.1) is 11.4 Å². The first-order valence-corrected chi connectivity index (χ1v) is 5.67. The SMILES string of the molecule is O=C1CCCCC=C1NNc1ccccc1. The number of benzene rings is 1. The Morgan fingerprint density at radius 1 is 1.00 bits per heavy atom. The predicted molar refractivity (Wildman–Crippen MR) is 64.8 cm³/mol. The van der Waals surface area contributed by atoms with E-state index in [2.05, 4.69) is 10.9 Å². The van der Waals surface area contributed by atoms with Crippen molar-refractivity contribution in [1.82, 2.24) is 5.43 Å². The molecule has 0 saturated carbocycles. The summed E-state index contributed by atoms with van der Waals surface area (Å²) in [5, 5.41) is 0. The molecule has 1 aliphatic carbocycles. The minimum Gasteiger partial charge on any atom is -0.301 e. The Morgan fingerprint density at radius 2 is 1.81 bits per heavy atom. The molecule has 0 aromatic heterocycles. The first-order valence-electron chi connectivity index (χ1n) is 5.67. The van der Waals surface area contributed by atoms with Crippen molar-refractivity contribution in [3.05, 3.63) is 42.1 Å². The number of hydrazine groups is 1. The van der Waals surface area contributed by atoms with E-state index >= 15 is 0 Å². The van der Waals surface area contributed by atoms with Gasteiger partial charge in [-0.25, -0.2) is 0 Å². The number of rotatable bonds is 3. The molecule has 0 fully saturated rings. The predicted octanol–water partition coefficient (Wildman–Crippen LogP) is 2.63. The van der Waals surface area contributed by atoms with Crippen LogP contribution >= 0.6 is 0 Å². The number of para-hydroxylation sites is 1. The van der Waals surface area contributed by atoms with Crippen molar-refractivity contribution in [1.29, 1.82) is 0 Å². The van der Waals surface area contributed by atoms with Gasteiger partial charge in [0.2, 0.25) is 0 Å². The summed E-state index contributed by atoms with van der Waals surface area (Å²) in [4.78, 5) is 11.7. The third-order valence-corrected chi connectivity index (χ3v) is 2.62. The van der Waals surface area contributed by atoms with E-state index in [4.69, 9.17) is 0 Å². The van der Waals surface area contributed by atoms with Gasteiger partial charge in [-0.15, -0.1) is 0 Å². The van der Waals surface area contributed by atoms with Gasteiger partial charge in [-0.05, 0) is 31.4 Å². The van der Waals surface area contributed by atoms with Crippen LogP contribution in [0, 0.1) is 0 Å². The van der Waals surface area contributed by atoms with Crippen LogP contribution in [0.2, 0.25) is 0 Å². The summed E-state index contributed by atoms with van der Waals surface area (Å²) in [6.45, 7) is 0. The van der Waals surface area contributed by atoms with Crippen molar-refractivity contribution in [2.45, 2.75) is 25.7 Å². The van der Waals surface area contributed by atoms with Crippen LogP contribution in [-0.2, 0) is 4.79 Å². The minimum atomic E-state index is 0.195. The fourth-order valence-corrected chi connectivity index (χ4v) is 1.71. The normalized spacial score (nSPS) is 16.2. The Hall–Kier alpha value is -1.77. The highest BCUT2D eigenvalue weighted by Gasteiger charge is 2.11. The van der Waals surface area contributed by atoms with E-state index in [0.717, 1.165) is 24.9 Å². The van der Waals surface area contributed by atoms with Gasteiger partial charge >= 0.3 is 0 Å². The zero-order valence-corrected chi connectivity index (χ0v) is 9.20. The van der Waals surface area contributed by atoms with Gasteiger partial charge in [0.1, 0.15) is 0 Å². The van der Waals surface area contributed by atoms with Gasteiger partial charge in [0.15, 0.2) is 5.78 Å². The molecular formula is C13H16N2O. The van der Waals surface area contributed by atoms with Gasteiger partial charge in [-0.1, -0.05) is 24.3 Å². The summed E-state index contributed by atoms with van der Waals surface area (Å²) in [6, 6.07) is 9.77. The van der Waals surface area contributed by atoms with Crippen molar-refractivity contribution >= 4 is 11.5 Å². The summed E-state index contributed by atoms with van der Waals surface area (Å²) >= 11 is 0. The number of nitrogens with one attached hydrogen (secondary N) is 2. The van der Waals surface area contributed by atoms with E-state index in [1.165, 1.54) is 0 Å². The molecule has 1 aliphatic rings. The highest BCUT2D eigenvalue weighted by molar-refractivity contribution is 5.95. The molecule has 2 rings (SSSR count). The fraction of sp³-hybridized carbons (Fsp3) is 0.308. The maximum atomic E-state index is 11.7. The lowest BCUT2D eigenvalue weighted by Crippen LogP contribution is -2.25. The van der Waals surface area contributed by atoms with Crippen molar-refractivity contribution in [3.63, 3.8) is 0 Å². The highest BCUT2D eigenvalue weighted by atomic mass is 16.1. The summed E-state index contributed by atoms with van der Waals surface area (Å²) in [7, 11) is 0. The molecule has 0 aliphatic heterocycles. The average Bonchev–Trinajstić information content (AvgIpc) is 2.53. The van der Waals surface area contributed by atoms with Crippen molar-refractivity contribution in [2.24, 2.45) is 0 Å². The molecule has 16 heavy (non-hydrogen) atoms. The summed E-state index contributed by atoms with van der Waals surface area (Å²) in [5.74, 6) is 0.195. The molecule has 0 radical (unpaired) electrons. The zero-order chi connectivity index (χ0) is 11.2. The Balaban J connectivity index is 1.94. The fourth-order valence-electron chi connectivity index (χ4n) is 1.71. The van der Waals surface area contributed by atoms with Gasteiger partial charge in [0.25, 0.3) is 0 Å². The maximum absolute atomic E-state index is 11.7. The molecule has 3 nitrogen and oxygen atoms in total. The Morgan fingerprint density at radius 3 is 2.62 bits per heavy atom. The number of hydrogen-bond donors (Lipinski definition) is 2. The third kappa shape index (κ3) is 2.86. The molecular weight excluding hydrogens is 200 g/mol. The molecule has 0 unspecified atom stereocenters. The van der Waals surface area contributed by atoms with Crippen molar-refractivity contribution < 1.29 is 4.79 Å². The molecule has 1 aromatic rings. The molecule has 3 heteroatoms. The van der Waals surface area contributed by atoms with Gasteiger partial charge in [-0.3, -0.25) is 10.2 Å². The largest absolute Gasteiger partial charge is 0.301 e. The van der Waals surface area contributed by atoms with E-state index in [1.54, 1.807) is 0 Å². The van der Waals surface area contributed by atoms with E-state index in [-0.39, 0.29) is 5.78 Å². The molecule has 0 saturated heterocycles. The minimum absolute atomic E-state index is 0.195. The monoisotopic (exact) mass is 216 g/mol. The smallest absolute Gasteiger partial charge is 0.180 e. The van der Waals surface area contributed by atoms with Crippen molar-refractivity contribution in [3.8, 4) is 0 Å². The second kappa shape index (κ2) is 5.35. The molecule has 1 aromatic carbocycles. The average molecular weight is 216 g/mol. The summed E-state index contributed by atoms with van der Waals surface area (Å²) in [6.07, 6.45) is 5.69. The molecule has 0 amide bonds. The van der Waals surface area contributed by atoms with Gasteiger partial charge in [-0.2, -0.15) is 0 Å². The number of ketones is 1. The van der Waals surface area contributed by atoms with E-state index < -0.39 is 0 Å². The zero-order valence-electron chi connectivity index (χ0n) is 9.20. The first-order chi connectivity index (χ1) is 7.86. The number of anilines is 1. The number of Topliss-reactive ketones (excluding diaryl/α,β-unsaturated/α-hetero) is 1. The van der Waals surface area contributed by atoms with Crippen LogP contribution in [0.5, 0.6) is 0 Å². The Bertz CT molecular complexity index is 384. The molecule has 0 spiro atoms. The van der Waals surface area contributed by atoms with Crippen LogP contribution < -0.4 is 10.9 Å². The Kier molecular flexibility index (Phi) is 3.59. The molecule has 84 valence electrons. The first kappa shape index (κ1) is 10.7. The lowest BCUT2D eigenvalue weighted by Gasteiger charge is -2.11. The highest BCUT2D eigenvalue weighted by Crippen LogP contribution is 2.12. The van der Waals surface area contributed by atoms with Gasteiger partial charge in [0, 0.05) is 6.42 Å². The second-order valence-corrected chi connectivity index (χ2v) is 3.90. The van der Waals surface area contributed by atoms with Crippen LogP contribution in [0.15, 0.2) is 42.1 Å². The molecule has 2 N–H and O–H groups in total. The van der Waals surface area contributed by atoms with E-state index in [0.29, 0.717) is 12.1 Å². The maximum Gasteiger partial charge on any atom is 0.180 e. The van der Waals surface area contributed by atoms with Crippen LogP contribution in [0.1, 0.15) is 25.7 Å². The number of hydrogen-bond acceptors (Lipinski definition) is 3. The second-order valence-electron chi connectivity index (χ2n) is 3.90. The standard InChI is InChI=1S/C13H16N2O/c16-13-10-6-2-5-9-12(13)15-14-11-7-3-1-4-8-11/h1,3-4,7-9,14-15H,2,5-6,10H2.